The molecule has 5 heteroatoms. The van der Waals surface area contributed by atoms with Crippen LogP contribution in [0.3, 0.4) is 0 Å². The van der Waals surface area contributed by atoms with E-state index in [2.05, 4.69) is 22.2 Å². The van der Waals surface area contributed by atoms with Gasteiger partial charge in [0.05, 0.1) is 7.11 Å². The Kier molecular flexibility index (Phi) is 4.90. The predicted molar refractivity (Wildman–Crippen MR) is 79.6 cm³/mol. The number of aromatic nitrogens is 2. The number of hydrogen-bond acceptors (Lipinski definition) is 5. The zero-order valence-electron chi connectivity index (χ0n) is 11.8. The third kappa shape index (κ3) is 3.45. The third-order valence-electron chi connectivity index (χ3n) is 3.16. The van der Waals surface area contributed by atoms with Gasteiger partial charge in [0.15, 0.2) is 0 Å². The molecule has 1 atom stereocenters. The standard InChI is InChI=1S/C15H20N4O/c1-3-18-14(12-10-17-7-6-13(12)16)8-11-4-5-15(20-2)19-9-11/h4-7,9-10,14,18H,3,8H2,1-2H3,(H2,16,17). The fourth-order valence-corrected chi connectivity index (χ4v) is 2.14. The van der Waals surface area contributed by atoms with Crippen molar-refractivity contribution in [1.82, 2.24) is 15.3 Å². The number of likely N-dealkylation sites (N-methyl/N-ethyl adjacent to an activating group) is 1. The smallest absolute Gasteiger partial charge is 0.212 e. The van der Waals surface area contributed by atoms with Crippen molar-refractivity contribution in [3.05, 3.63) is 47.9 Å². The van der Waals surface area contributed by atoms with E-state index >= 15 is 0 Å². The number of hydrogen-bond donors (Lipinski definition) is 2. The number of nitrogens with one attached hydrogen (secondary N) is 1. The normalized spacial score (nSPS) is 12.1. The molecule has 2 heterocycles. The Hall–Kier alpha value is -2.14. The molecule has 1 unspecified atom stereocenters. The van der Waals surface area contributed by atoms with Gasteiger partial charge in [-0.1, -0.05) is 13.0 Å². The molecule has 0 aliphatic rings. The van der Waals surface area contributed by atoms with E-state index in [0.29, 0.717) is 5.88 Å². The first-order valence-electron chi connectivity index (χ1n) is 6.66. The van der Waals surface area contributed by atoms with Crippen LogP contribution < -0.4 is 15.8 Å². The molecule has 0 saturated heterocycles. The molecule has 2 aromatic heterocycles. The van der Waals surface area contributed by atoms with E-state index in [4.69, 9.17) is 10.5 Å². The minimum Gasteiger partial charge on any atom is -0.481 e. The lowest BCUT2D eigenvalue weighted by atomic mass is 10.00. The molecule has 0 saturated carbocycles. The summed E-state index contributed by atoms with van der Waals surface area (Å²) >= 11 is 0. The summed E-state index contributed by atoms with van der Waals surface area (Å²) in [6.45, 7) is 2.94. The lowest BCUT2D eigenvalue weighted by Gasteiger charge is -2.19. The number of rotatable bonds is 6. The Balaban J connectivity index is 2.18. The summed E-state index contributed by atoms with van der Waals surface area (Å²) in [6, 6.07) is 5.84. The molecule has 5 nitrogen and oxygen atoms in total. The summed E-state index contributed by atoms with van der Waals surface area (Å²) < 4.78 is 5.07. The lowest BCUT2D eigenvalue weighted by Crippen LogP contribution is -2.24. The fraction of sp³-hybridized carbons (Fsp3) is 0.333. The molecule has 0 aliphatic carbocycles. The Morgan fingerprint density at radius 3 is 2.75 bits per heavy atom. The van der Waals surface area contributed by atoms with Crippen LogP contribution >= 0.6 is 0 Å². The summed E-state index contributed by atoms with van der Waals surface area (Å²) in [7, 11) is 1.61. The zero-order valence-corrected chi connectivity index (χ0v) is 11.8. The van der Waals surface area contributed by atoms with Crippen LogP contribution in [0, 0.1) is 0 Å². The molecule has 0 aliphatic heterocycles. The van der Waals surface area contributed by atoms with Crippen molar-refractivity contribution < 1.29 is 4.74 Å². The van der Waals surface area contributed by atoms with Crippen LogP contribution in [0.2, 0.25) is 0 Å². The third-order valence-corrected chi connectivity index (χ3v) is 3.16. The number of ether oxygens (including phenoxy) is 1. The quantitative estimate of drug-likeness (QED) is 0.841. The van der Waals surface area contributed by atoms with Crippen molar-refractivity contribution in [3.8, 4) is 5.88 Å². The van der Waals surface area contributed by atoms with Crippen LogP contribution in [0.25, 0.3) is 0 Å². The second-order valence-electron chi connectivity index (χ2n) is 4.53. The molecular formula is C15H20N4O. The van der Waals surface area contributed by atoms with Gasteiger partial charge in [-0.3, -0.25) is 4.98 Å². The molecule has 2 aromatic rings. The van der Waals surface area contributed by atoms with Crippen LogP contribution in [0.5, 0.6) is 5.88 Å². The Morgan fingerprint density at radius 2 is 2.15 bits per heavy atom. The molecule has 20 heavy (non-hydrogen) atoms. The van der Waals surface area contributed by atoms with Crippen molar-refractivity contribution in [3.63, 3.8) is 0 Å². The summed E-state index contributed by atoms with van der Waals surface area (Å²) in [5, 5.41) is 3.44. The van der Waals surface area contributed by atoms with Crippen LogP contribution in [0.15, 0.2) is 36.8 Å². The first-order valence-corrected chi connectivity index (χ1v) is 6.66. The van der Waals surface area contributed by atoms with E-state index in [1.807, 2.05) is 30.6 Å². The molecule has 0 amide bonds. The maximum absolute atomic E-state index is 6.04. The summed E-state index contributed by atoms with van der Waals surface area (Å²) in [5.74, 6) is 0.620. The SMILES string of the molecule is CCNC(Cc1ccc(OC)nc1)c1cnccc1N. The van der Waals surface area contributed by atoms with Gasteiger partial charge in [0, 0.05) is 41.9 Å². The lowest BCUT2D eigenvalue weighted by molar-refractivity contribution is 0.397. The van der Waals surface area contributed by atoms with Gasteiger partial charge in [-0.2, -0.15) is 0 Å². The number of nitrogens with zero attached hydrogens (tertiary/aromatic N) is 2. The van der Waals surface area contributed by atoms with Crippen LogP contribution in [0.4, 0.5) is 5.69 Å². The van der Waals surface area contributed by atoms with Crippen molar-refractivity contribution >= 4 is 5.69 Å². The first kappa shape index (κ1) is 14.3. The Labute approximate surface area is 119 Å². The second kappa shape index (κ2) is 6.86. The minimum atomic E-state index is 0.129. The average Bonchev–Trinajstić information content (AvgIpc) is 2.48. The molecule has 0 aromatic carbocycles. The summed E-state index contributed by atoms with van der Waals surface area (Å²) in [4.78, 5) is 8.39. The summed E-state index contributed by atoms with van der Waals surface area (Å²) in [5.41, 5.74) is 8.94. The van der Waals surface area contributed by atoms with Crippen LogP contribution in [0.1, 0.15) is 24.1 Å². The van der Waals surface area contributed by atoms with Gasteiger partial charge in [-0.25, -0.2) is 4.98 Å². The predicted octanol–water partition coefficient (Wildman–Crippen LogP) is 1.96. The van der Waals surface area contributed by atoms with Gasteiger partial charge in [0.25, 0.3) is 0 Å². The molecule has 3 N–H and O–H groups in total. The van der Waals surface area contributed by atoms with E-state index in [-0.39, 0.29) is 6.04 Å². The topological polar surface area (TPSA) is 73.1 Å². The maximum Gasteiger partial charge on any atom is 0.212 e. The number of nitrogen functional groups attached to an aromatic ring is 1. The van der Waals surface area contributed by atoms with Crippen molar-refractivity contribution in [2.75, 3.05) is 19.4 Å². The maximum atomic E-state index is 6.04. The molecule has 0 bridgehead atoms. The van der Waals surface area contributed by atoms with Gasteiger partial charge in [-0.15, -0.1) is 0 Å². The van der Waals surface area contributed by atoms with Gasteiger partial charge in [-0.05, 0) is 24.6 Å². The number of anilines is 1. The van der Waals surface area contributed by atoms with Crippen LogP contribution in [-0.4, -0.2) is 23.6 Å². The van der Waals surface area contributed by atoms with E-state index in [1.165, 1.54) is 0 Å². The Bertz CT molecular complexity index is 542. The van der Waals surface area contributed by atoms with Gasteiger partial charge < -0.3 is 15.8 Å². The van der Waals surface area contributed by atoms with Gasteiger partial charge >= 0.3 is 0 Å². The van der Waals surface area contributed by atoms with E-state index in [1.54, 1.807) is 13.3 Å². The molecule has 2 rings (SSSR count). The van der Waals surface area contributed by atoms with Crippen molar-refractivity contribution in [2.24, 2.45) is 0 Å². The van der Waals surface area contributed by atoms with Gasteiger partial charge in [0.2, 0.25) is 5.88 Å². The molecule has 0 fully saturated rings. The number of nitrogens with two attached hydrogens (primary N) is 1. The average molecular weight is 272 g/mol. The van der Waals surface area contributed by atoms with E-state index < -0.39 is 0 Å². The fourth-order valence-electron chi connectivity index (χ4n) is 2.14. The largest absolute Gasteiger partial charge is 0.481 e. The molecular weight excluding hydrogens is 252 g/mol. The van der Waals surface area contributed by atoms with Gasteiger partial charge in [0.1, 0.15) is 0 Å². The highest BCUT2D eigenvalue weighted by molar-refractivity contribution is 5.46. The van der Waals surface area contributed by atoms with E-state index in [9.17, 15) is 0 Å². The van der Waals surface area contributed by atoms with Crippen LogP contribution in [-0.2, 0) is 6.42 Å². The zero-order chi connectivity index (χ0) is 14.4. The minimum absolute atomic E-state index is 0.129. The highest BCUT2D eigenvalue weighted by Gasteiger charge is 2.14. The molecule has 0 radical (unpaired) electrons. The first-order chi connectivity index (χ1) is 9.74. The molecule has 0 spiro atoms. The Morgan fingerprint density at radius 1 is 1.30 bits per heavy atom. The highest BCUT2D eigenvalue weighted by atomic mass is 16.5. The molecule has 106 valence electrons. The van der Waals surface area contributed by atoms with E-state index in [0.717, 1.165) is 29.8 Å². The second-order valence-corrected chi connectivity index (χ2v) is 4.53. The monoisotopic (exact) mass is 272 g/mol. The highest BCUT2D eigenvalue weighted by Crippen LogP contribution is 2.23. The summed E-state index contributed by atoms with van der Waals surface area (Å²) in [6.07, 6.45) is 6.16. The number of methoxy groups -OCH3 is 1. The number of pyridine rings is 2. The van der Waals surface area contributed by atoms with Crippen molar-refractivity contribution in [2.45, 2.75) is 19.4 Å². The van der Waals surface area contributed by atoms with Crippen molar-refractivity contribution in [1.29, 1.82) is 0 Å².